The third-order valence-corrected chi connectivity index (χ3v) is 6.15. The number of carbonyl (C=O) groups excluding carboxylic acids is 1. The first-order chi connectivity index (χ1) is 13.6. The van der Waals surface area contributed by atoms with E-state index in [0.717, 1.165) is 11.5 Å². The summed E-state index contributed by atoms with van der Waals surface area (Å²) in [5.41, 5.74) is 0.862. The van der Waals surface area contributed by atoms with Gasteiger partial charge in [-0.05, 0) is 36.8 Å². The molecule has 28 heavy (non-hydrogen) atoms. The van der Waals surface area contributed by atoms with Crippen molar-refractivity contribution in [2.45, 2.75) is 34.7 Å². The van der Waals surface area contributed by atoms with E-state index in [0.29, 0.717) is 27.5 Å². The highest BCUT2D eigenvalue weighted by atomic mass is 35.5. The molecule has 146 valence electrons. The van der Waals surface area contributed by atoms with E-state index in [9.17, 15) is 4.79 Å². The Bertz CT molecular complexity index is 921. The average Bonchev–Trinajstić information content (AvgIpc) is 3.13. The zero-order valence-corrected chi connectivity index (χ0v) is 17.7. The van der Waals surface area contributed by atoms with Gasteiger partial charge in [-0.2, -0.15) is 0 Å². The van der Waals surface area contributed by atoms with Gasteiger partial charge in [0.2, 0.25) is 0 Å². The number of benzene rings is 1. The van der Waals surface area contributed by atoms with E-state index < -0.39 is 0 Å². The molecule has 3 aromatic rings. The maximum absolute atomic E-state index is 12.0. The molecular formula is C18H18ClN5O2S2. The van der Waals surface area contributed by atoms with Crippen LogP contribution in [0.2, 0.25) is 5.02 Å². The number of hydrogen-bond donors (Lipinski definition) is 0. The van der Waals surface area contributed by atoms with Crippen molar-refractivity contribution in [2.75, 3.05) is 7.11 Å². The Kier molecular flexibility index (Phi) is 7.30. The maximum atomic E-state index is 12.0. The lowest BCUT2D eigenvalue weighted by molar-refractivity contribution is -0.140. The van der Waals surface area contributed by atoms with Crippen LogP contribution in [0.4, 0.5) is 0 Å². The third-order valence-electron chi connectivity index (χ3n) is 3.74. The van der Waals surface area contributed by atoms with Crippen molar-refractivity contribution in [1.29, 1.82) is 0 Å². The number of esters is 1. The number of nitrogens with zero attached hydrogens (tertiary/aromatic N) is 5. The summed E-state index contributed by atoms with van der Waals surface area (Å²) in [5.74, 6) is 0.962. The van der Waals surface area contributed by atoms with Gasteiger partial charge in [0, 0.05) is 23.1 Å². The van der Waals surface area contributed by atoms with Gasteiger partial charge in [0.15, 0.2) is 10.3 Å². The van der Waals surface area contributed by atoms with Gasteiger partial charge in [-0.15, -0.1) is 10.2 Å². The molecule has 1 aromatic carbocycles. The number of ether oxygens (including phenoxy) is 1. The lowest BCUT2D eigenvalue weighted by Gasteiger charge is -2.14. The number of hydrogen-bond acceptors (Lipinski definition) is 8. The third kappa shape index (κ3) is 5.03. The number of thioether (sulfide) groups is 2. The summed E-state index contributed by atoms with van der Waals surface area (Å²) in [5, 5.41) is 10.2. The first-order valence-electron chi connectivity index (χ1n) is 8.47. The number of rotatable bonds is 8. The summed E-state index contributed by atoms with van der Waals surface area (Å²) in [7, 11) is 1.39. The highest BCUT2D eigenvalue weighted by Gasteiger charge is 2.24. The monoisotopic (exact) mass is 435 g/mol. The molecule has 2 heterocycles. The van der Waals surface area contributed by atoms with Crippen molar-refractivity contribution in [1.82, 2.24) is 24.7 Å². The summed E-state index contributed by atoms with van der Waals surface area (Å²) in [4.78, 5) is 20.5. The van der Waals surface area contributed by atoms with Crippen LogP contribution in [0.5, 0.6) is 0 Å². The minimum Gasteiger partial charge on any atom is -0.468 e. The van der Waals surface area contributed by atoms with Gasteiger partial charge < -0.3 is 4.74 Å². The molecule has 0 aliphatic rings. The summed E-state index contributed by atoms with van der Waals surface area (Å²) in [6.45, 7) is 1.93. The fourth-order valence-corrected chi connectivity index (χ4v) is 4.23. The molecule has 0 bridgehead atoms. The Morgan fingerprint density at radius 3 is 2.57 bits per heavy atom. The molecule has 0 amide bonds. The predicted octanol–water partition coefficient (Wildman–Crippen LogP) is 4.05. The topological polar surface area (TPSA) is 82.8 Å². The lowest BCUT2D eigenvalue weighted by Crippen LogP contribution is -2.18. The van der Waals surface area contributed by atoms with Gasteiger partial charge in [0.05, 0.1) is 12.9 Å². The van der Waals surface area contributed by atoms with Crippen molar-refractivity contribution in [3.05, 3.63) is 53.6 Å². The number of carbonyl (C=O) groups is 1. The molecule has 0 radical (unpaired) electrons. The van der Waals surface area contributed by atoms with Crippen LogP contribution in [0, 0.1) is 0 Å². The van der Waals surface area contributed by atoms with Crippen molar-refractivity contribution in [3.63, 3.8) is 0 Å². The highest BCUT2D eigenvalue weighted by Crippen LogP contribution is 2.30. The standard InChI is InChI=1S/C18H18ClN5O2S2/c1-3-14(16(25)26-2)28-18-23-22-15(11-27-17-20-9-4-10-21-17)24(18)13-7-5-12(19)6-8-13/h4-10,14H,3,11H2,1-2H3/t14-/m0/s1. The van der Waals surface area contributed by atoms with Crippen LogP contribution in [0.25, 0.3) is 5.69 Å². The average molecular weight is 436 g/mol. The quantitative estimate of drug-likeness (QED) is 0.297. The number of halogens is 1. The van der Waals surface area contributed by atoms with E-state index in [4.69, 9.17) is 16.3 Å². The van der Waals surface area contributed by atoms with Crippen molar-refractivity contribution in [2.24, 2.45) is 0 Å². The van der Waals surface area contributed by atoms with Crippen molar-refractivity contribution >= 4 is 41.1 Å². The Morgan fingerprint density at radius 2 is 1.93 bits per heavy atom. The van der Waals surface area contributed by atoms with Gasteiger partial charge in [-0.25, -0.2) is 9.97 Å². The SMILES string of the molecule is CC[C@H](Sc1nnc(CSc2ncccn2)n1-c1ccc(Cl)cc1)C(=O)OC. The summed E-state index contributed by atoms with van der Waals surface area (Å²) in [6.07, 6.45) is 4.01. The minimum absolute atomic E-state index is 0.285. The van der Waals surface area contributed by atoms with Gasteiger partial charge in [0.25, 0.3) is 0 Å². The van der Waals surface area contributed by atoms with Crippen LogP contribution in [0.3, 0.4) is 0 Å². The van der Waals surface area contributed by atoms with E-state index in [1.807, 2.05) is 23.6 Å². The van der Waals surface area contributed by atoms with Crippen molar-refractivity contribution in [3.8, 4) is 5.69 Å². The van der Waals surface area contributed by atoms with Crippen LogP contribution >= 0.6 is 35.1 Å². The smallest absolute Gasteiger partial charge is 0.319 e. The van der Waals surface area contributed by atoms with Crippen LogP contribution in [0.15, 0.2) is 53.0 Å². The maximum Gasteiger partial charge on any atom is 0.319 e. The van der Waals surface area contributed by atoms with E-state index in [2.05, 4.69) is 20.2 Å². The van der Waals surface area contributed by atoms with Gasteiger partial charge in [-0.1, -0.05) is 42.0 Å². The van der Waals surface area contributed by atoms with Crippen LogP contribution in [0.1, 0.15) is 19.2 Å². The van der Waals surface area contributed by atoms with Gasteiger partial charge in [0.1, 0.15) is 11.1 Å². The molecule has 0 spiro atoms. The Balaban J connectivity index is 1.92. The molecule has 0 N–H and O–H groups in total. The molecule has 0 aliphatic carbocycles. The van der Waals surface area contributed by atoms with Crippen LogP contribution in [-0.4, -0.2) is 43.1 Å². The first-order valence-corrected chi connectivity index (χ1v) is 10.7. The lowest BCUT2D eigenvalue weighted by atomic mass is 10.3. The molecule has 2 aromatic heterocycles. The second-order valence-electron chi connectivity index (χ2n) is 5.57. The summed E-state index contributed by atoms with van der Waals surface area (Å²) < 4.78 is 6.81. The molecular weight excluding hydrogens is 418 g/mol. The summed E-state index contributed by atoms with van der Waals surface area (Å²) >= 11 is 8.83. The molecule has 0 unspecified atom stereocenters. The zero-order valence-electron chi connectivity index (χ0n) is 15.3. The predicted molar refractivity (Wildman–Crippen MR) is 110 cm³/mol. The molecule has 10 heteroatoms. The fourth-order valence-electron chi connectivity index (χ4n) is 2.37. The Morgan fingerprint density at radius 1 is 1.21 bits per heavy atom. The second kappa shape index (κ2) is 9.90. The molecule has 0 fully saturated rings. The Labute approximate surface area is 176 Å². The molecule has 0 saturated heterocycles. The van der Waals surface area contributed by atoms with E-state index in [1.54, 1.807) is 30.6 Å². The molecule has 3 rings (SSSR count). The number of methoxy groups -OCH3 is 1. The van der Waals surface area contributed by atoms with Crippen molar-refractivity contribution < 1.29 is 9.53 Å². The Hall–Kier alpha value is -2.10. The molecule has 0 aliphatic heterocycles. The largest absolute Gasteiger partial charge is 0.468 e. The van der Waals surface area contributed by atoms with E-state index in [1.165, 1.54) is 30.6 Å². The second-order valence-corrected chi connectivity index (χ2v) is 8.12. The fraction of sp³-hybridized carbons (Fsp3) is 0.278. The van der Waals surface area contributed by atoms with Gasteiger partial charge in [-0.3, -0.25) is 9.36 Å². The minimum atomic E-state index is -0.363. The zero-order chi connectivity index (χ0) is 19.9. The molecule has 7 nitrogen and oxygen atoms in total. The first kappa shape index (κ1) is 20.6. The molecule has 1 atom stereocenters. The molecule has 0 saturated carbocycles. The normalized spacial score (nSPS) is 12.0. The highest BCUT2D eigenvalue weighted by molar-refractivity contribution is 8.00. The van der Waals surface area contributed by atoms with Crippen LogP contribution in [-0.2, 0) is 15.3 Å². The van der Waals surface area contributed by atoms with Crippen LogP contribution < -0.4 is 0 Å². The van der Waals surface area contributed by atoms with E-state index in [-0.39, 0.29) is 11.2 Å². The van der Waals surface area contributed by atoms with E-state index >= 15 is 0 Å². The summed E-state index contributed by atoms with van der Waals surface area (Å²) in [6, 6.07) is 9.16. The van der Waals surface area contributed by atoms with Gasteiger partial charge >= 0.3 is 5.97 Å². The number of aromatic nitrogens is 5.